The number of hydrogen-bond donors (Lipinski definition) is 0. The van der Waals surface area contributed by atoms with Crippen LogP contribution in [0, 0.1) is 13.8 Å². The van der Waals surface area contributed by atoms with E-state index < -0.39 is 0 Å². The highest BCUT2D eigenvalue weighted by atomic mass is 16.5. The fourth-order valence-corrected chi connectivity index (χ4v) is 4.17. The van der Waals surface area contributed by atoms with Crippen LogP contribution in [0.2, 0.25) is 0 Å². The van der Waals surface area contributed by atoms with Crippen molar-refractivity contribution in [2.45, 2.75) is 59.3 Å². The molecule has 0 aliphatic carbocycles. The van der Waals surface area contributed by atoms with Crippen LogP contribution in [-0.2, 0) is 21.4 Å². The molecule has 0 radical (unpaired) electrons. The van der Waals surface area contributed by atoms with Crippen molar-refractivity contribution in [3.63, 3.8) is 0 Å². The normalized spacial score (nSPS) is 14.7. The lowest BCUT2D eigenvalue weighted by molar-refractivity contribution is -0.134. The molecule has 3 rings (SSSR count). The number of ether oxygens (including phenoxy) is 1. The number of amides is 2. The minimum absolute atomic E-state index is 0.0213. The molecule has 33 heavy (non-hydrogen) atoms. The van der Waals surface area contributed by atoms with Crippen molar-refractivity contribution in [2.24, 2.45) is 0 Å². The molecule has 1 heterocycles. The van der Waals surface area contributed by atoms with Gasteiger partial charge in [0.1, 0.15) is 5.75 Å². The fraction of sp³-hybridized carbons (Fsp3) is 0.500. The zero-order valence-electron chi connectivity index (χ0n) is 20.8. The van der Waals surface area contributed by atoms with Crippen LogP contribution in [0.1, 0.15) is 55.9 Å². The number of nitrogens with zero attached hydrogens (tertiary/aromatic N) is 2. The van der Waals surface area contributed by atoms with Gasteiger partial charge in [-0.05, 0) is 49.3 Å². The molecule has 178 valence electrons. The maximum absolute atomic E-state index is 12.9. The summed E-state index contributed by atoms with van der Waals surface area (Å²) >= 11 is 0. The summed E-state index contributed by atoms with van der Waals surface area (Å²) in [5.41, 5.74) is 4.63. The molecule has 2 aromatic rings. The summed E-state index contributed by atoms with van der Waals surface area (Å²) in [7, 11) is 0. The minimum Gasteiger partial charge on any atom is -0.483 e. The average molecular weight is 451 g/mol. The molecule has 0 atom stereocenters. The molecule has 1 aliphatic rings. The SMILES string of the molecule is Cc1ccc(CCC(=O)N2CCCN(C(=O)COc3ccc(C)cc3C(C)(C)C)CC2)cc1. The van der Waals surface area contributed by atoms with Gasteiger partial charge in [-0.2, -0.15) is 0 Å². The van der Waals surface area contributed by atoms with Gasteiger partial charge in [0.05, 0.1) is 0 Å². The Morgan fingerprint density at radius 3 is 2.09 bits per heavy atom. The molecule has 5 nitrogen and oxygen atoms in total. The molecular formula is C28H38N2O3. The van der Waals surface area contributed by atoms with E-state index in [1.54, 1.807) is 0 Å². The van der Waals surface area contributed by atoms with Gasteiger partial charge in [0.15, 0.2) is 6.61 Å². The van der Waals surface area contributed by atoms with Gasteiger partial charge in [0.2, 0.25) is 5.91 Å². The van der Waals surface area contributed by atoms with Crippen LogP contribution in [0.3, 0.4) is 0 Å². The number of carbonyl (C=O) groups is 2. The Kier molecular flexibility index (Phi) is 8.17. The van der Waals surface area contributed by atoms with Crippen molar-refractivity contribution in [1.82, 2.24) is 9.80 Å². The first kappa shape index (κ1) is 24.8. The van der Waals surface area contributed by atoms with Crippen LogP contribution in [0.25, 0.3) is 0 Å². The largest absolute Gasteiger partial charge is 0.483 e. The van der Waals surface area contributed by atoms with E-state index in [9.17, 15) is 9.59 Å². The molecule has 1 aliphatic heterocycles. The summed E-state index contributed by atoms with van der Waals surface area (Å²) in [6, 6.07) is 14.4. The second kappa shape index (κ2) is 10.9. The smallest absolute Gasteiger partial charge is 0.260 e. The predicted molar refractivity (Wildman–Crippen MR) is 133 cm³/mol. The Morgan fingerprint density at radius 2 is 1.45 bits per heavy atom. The summed E-state index contributed by atoms with van der Waals surface area (Å²) in [6.07, 6.45) is 2.04. The molecule has 2 aromatic carbocycles. The van der Waals surface area contributed by atoms with Crippen molar-refractivity contribution < 1.29 is 14.3 Å². The lowest BCUT2D eigenvalue weighted by atomic mass is 9.85. The first-order chi connectivity index (χ1) is 15.6. The van der Waals surface area contributed by atoms with Crippen LogP contribution >= 0.6 is 0 Å². The Bertz CT molecular complexity index is 960. The van der Waals surface area contributed by atoms with Crippen LogP contribution in [0.15, 0.2) is 42.5 Å². The molecule has 0 bridgehead atoms. The fourth-order valence-electron chi connectivity index (χ4n) is 4.17. The zero-order valence-corrected chi connectivity index (χ0v) is 20.8. The quantitative estimate of drug-likeness (QED) is 0.642. The van der Waals surface area contributed by atoms with E-state index in [-0.39, 0.29) is 23.8 Å². The molecule has 0 spiro atoms. The first-order valence-corrected chi connectivity index (χ1v) is 12.0. The van der Waals surface area contributed by atoms with Crippen molar-refractivity contribution >= 4 is 11.8 Å². The zero-order chi connectivity index (χ0) is 24.0. The number of aryl methyl sites for hydroxylation is 3. The number of rotatable bonds is 6. The lowest BCUT2D eigenvalue weighted by Crippen LogP contribution is -2.39. The average Bonchev–Trinajstić information content (AvgIpc) is 3.03. The third-order valence-electron chi connectivity index (χ3n) is 6.24. The maximum atomic E-state index is 12.9. The molecule has 2 amide bonds. The van der Waals surface area contributed by atoms with Gasteiger partial charge in [0.25, 0.3) is 5.91 Å². The second-order valence-electron chi connectivity index (χ2n) is 10.1. The predicted octanol–water partition coefficient (Wildman–Crippen LogP) is 4.67. The lowest BCUT2D eigenvalue weighted by Gasteiger charge is -2.25. The molecule has 1 fully saturated rings. The Labute approximate surface area is 198 Å². The molecule has 0 unspecified atom stereocenters. The van der Waals surface area contributed by atoms with E-state index in [0.717, 1.165) is 24.2 Å². The molecule has 1 saturated heterocycles. The van der Waals surface area contributed by atoms with E-state index in [2.05, 4.69) is 65.0 Å². The van der Waals surface area contributed by atoms with Crippen LogP contribution < -0.4 is 4.74 Å². The highest BCUT2D eigenvalue weighted by molar-refractivity contribution is 5.79. The summed E-state index contributed by atoms with van der Waals surface area (Å²) in [5, 5.41) is 0. The van der Waals surface area contributed by atoms with Gasteiger partial charge in [-0.15, -0.1) is 0 Å². The van der Waals surface area contributed by atoms with E-state index in [4.69, 9.17) is 4.74 Å². The van der Waals surface area contributed by atoms with Crippen molar-refractivity contribution in [3.8, 4) is 5.75 Å². The summed E-state index contributed by atoms with van der Waals surface area (Å²) in [6.45, 7) is 13.1. The summed E-state index contributed by atoms with van der Waals surface area (Å²) in [4.78, 5) is 29.3. The van der Waals surface area contributed by atoms with Gasteiger partial charge < -0.3 is 14.5 Å². The number of hydrogen-bond acceptors (Lipinski definition) is 3. The number of benzene rings is 2. The summed E-state index contributed by atoms with van der Waals surface area (Å²) in [5.74, 6) is 0.907. The Balaban J connectivity index is 1.50. The Hall–Kier alpha value is -2.82. The van der Waals surface area contributed by atoms with Crippen LogP contribution in [0.4, 0.5) is 0 Å². The van der Waals surface area contributed by atoms with Crippen molar-refractivity contribution in [1.29, 1.82) is 0 Å². The third kappa shape index (κ3) is 7.08. The third-order valence-corrected chi connectivity index (χ3v) is 6.24. The molecular weight excluding hydrogens is 412 g/mol. The van der Waals surface area contributed by atoms with Gasteiger partial charge in [-0.1, -0.05) is 68.3 Å². The highest BCUT2D eigenvalue weighted by Crippen LogP contribution is 2.32. The molecule has 5 heteroatoms. The standard InChI is InChI=1S/C28H38N2O3/c1-21-7-10-23(11-8-21)12-14-26(31)29-15-6-16-30(18-17-29)27(32)20-33-25-13-9-22(2)19-24(25)28(3,4)5/h7-11,13,19H,6,12,14-18,20H2,1-5H3. The van der Waals surface area contributed by atoms with Gasteiger partial charge >= 0.3 is 0 Å². The van der Waals surface area contributed by atoms with E-state index >= 15 is 0 Å². The first-order valence-electron chi connectivity index (χ1n) is 12.0. The van der Waals surface area contributed by atoms with Crippen molar-refractivity contribution in [2.75, 3.05) is 32.8 Å². The van der Waals surface area contributed by atoms with E-state index in [1.807, 2.05) is 21.9 Å². The maximum Gasteiger partial charge on any atom is 0.260 e. The Morgan fingerprint density at radius 1 is 0.848 bits per heavy atom. The van der Waals surface area contributed by atoms with Gasteiger partial charge in [-0.25, -0.2) is 0 Å². The van der Waals surface area contributed by atoms with Crippen LogP contribution in [0.5, 0.6) is 5.75 Å². The summed E-state index contributed by atoms with van der Waals surface area (Å²) < 4.78 is 5.97. The van der Waals surface area contributed by atoms with Gasteiger partial charge in [0, 0.05) is 32.6 Å². The molecule has 0 N–H and O–H groups in total. The minimum atomic E-state index is -0.0630. The molecule has 0 aromatic heterocycles. The monoisotopic (exact) mass is 450 g/mol. The van der Waals surface area contributed by atoms with Crippen LogP contribution in [-0.4, -0.2) is 54.4 Å². The van der Waals surface area contributed by atoms with Crippen molar-refractivity contribution in [3.05, 3.63) is 64.7 Å². The highest BCUT2D eigenvalue weighted by Gasteiger charge is 2.24. The number of carbonyl (C=O) groups excluding carboxylic acids is 2. The second-order valence-corrected chi connectivity index (χ2v) is 10.1. The van der Waals surface area contributed by atoms with Gasteiger partial charge in [-0.3, -0.25) is 9.59 Å². The van der Waals surface area contributed by atoms with E-state index in [1.165, 1.54) is 16.7 Å². The topological polar surface area (TPSA) is 49.9 Å². The van der Waals surface area contributed by atoms with E-state index in [0.29, 0.717) is 32.6 Å². The molecule has 0 saturated carbocycles.